The topological polar surface area (TPSA) is 47.8 Å². The minimum atomic E-state index is 0.509. The average Bonchev–Trinajstić information content (AvgIpc) is 2.24. The standard InChI is InChI=1S/C12H16BrN3/c1-9(2)15-5-6-16-11-4-3-10(8-14)12(13)7-11/h3-4,7,9,15-16H,5-6H2,1-2H3. The van der Waals surface area contributed by atoms with E-state index < -0.39 is 0 Å². The highest BCUT2D eigenvalue weighted by Gasteiger charge is 1.99. The number of hydrogen-bond acceptors (Lipinski definition) is 3. The van der Waals surface area contributed by atoms with Gasteiger partial charge in [0.15, 0.2) is 0 Å². The minimum absolute atomic E-state index is 0.509. The van der Waals surface area contributed by atoms with Gasteiger partial charge in [0.1, 0.15) is 6.07 Å². The number of nitriles is 1. The maximum Gasteiger partial charge on any atom is 0.100 e. The van der Waals surface area contributed by atoms with Gasteiger partial charge in [-0.05, 0) is 34.1 Å². The summed E-state index contributed by atoms with van der Waals surface area (Å²) in [5, 5.41) is 15.4. The molecule has 0 unspecified atom stereocenters. The Bertz CT molecular complexity index is 382. The monoisotopic (exact) mass is 281 g/mol. The summed E-state index contributed by atoms with van der Waals surface area (Å²) in [7, 11) is 0. The Morgan fingerprint density at radius 2 is 2.12 bits per heavy atom. The summed E-state index contributed by atoms with van der Waals surface area (Å²) in [6, 6.07) is 8.27. The Kier molecular flexibility index (Phi) is 5.30. The Balaban J connectivity index is 2.44. The van der Waals surface area contributed by atoms with E-state index in [0.717, 1.165) is 23.2 Å². The number of nitrogens with one attached hydrogen (secondary N) is 2. The Morgan fingerprint density at radius 1 is 1.38 bits per heavy atom. The fourth-order valence-corrected chi connectivity index (χ4v) is 1.75. The molecule has 1 aromatic carbocycles. The molecular formula is C12H16BrN3. The van der Waals surface area contributed by atoms with Crippen molar-refractivity contribution in [2.75, 3.05) is 18.4 Å². The number of benzene rings is 1. The normalized spacial score (nSPS) is 10.2. The molecule has 0 aliphatic rings. The molecule has 1 aromatic rings. The molecule has 0 spiro atoms. The van der Waals surface area contributed by atoms with Crippen LogP contribution in [0, 0.1) is 11.3 Å². The molecule has 86 valence electrons. The van der Waals surface area contributed by atoms with Crippen molar-refractivity contribution in [2.45, 2.75) is 19.9 Å². The van der Waals surface area contributed by atoms with Crippen molar-refractivity contribution >= 4 is 21.6 Å². The van der Waals surface area contributed by atoms with Crippen LogP contribution in [0.1, 0.15) is 19.4 Å². The van der Waals surface area contributed by atoms with Gasteiger partial charge in [-0.3, -0.25) is 0 Å². The van der Waals surface area contributed by atoms with Crippen molar-refractivity contribution in [1.82, 2.24) is 5.32 Å². The molecule has 0 atom stereocenters. The number of nitrogens with zero attached hydrogens (tertiary/aromatic N) is 1. The molecule has 4 heteroatoms. The molecule has 0 fully saturated rings. The Hall–Kier alpha value is -1.05. The SMILES string of the molecule is CC(C)NCCNc1ccc(C#N)c(Br)c1. The average molecular weight is 282 g/mol. The minimum Gasteiger partial charge on any atom is -0.384 e. The largest absolute Gasteiger partial charge is 0.384 e. The summed E-state index contributed by atoms with van der Waals surface area (Å²) in [6.07, 6.45) is 0. The van der Waals surface area contributed by atoms with E-state index in [0.29, 0.717) is 11.6 Å². The van der Waals surface area contributed by atoms with Crippen LogP contribution in [-0.4, -0.2) is 19.1 Å². The first kappa shape index (κ1) is 13.0. The van der Waals surface area contributed by atoms with Gasteiger partial charge in [-0.1, -0.05) is 13.8 Å². The quantitative estimate of drug-likeness (QED) is 0.816. The molecule has 0 aromatic heterocycles. The number of rotatable bonds is 5. The van der Waals surface area contributed by atoms with Crippen molar-refractivity contribution in [2.24, 2.45) is 0 Å². The van der Waals surface area contributed by atoms with E-state index in [1.165, 1.54) is 0 Å². The first-order chi connectivity index (χ1) is 7.63. The van der Waals surface area contributed by atoms with E-state index in [2.05, 4.69) is 46.5 Å². The number of halogens is 1. The van der Waals surface area contributed by atoms with Crippen LogP contribution in [0.5, 0.6) is 0 Å². The molecule has 1 rings (SSSR count). The molecule has 3 nitrogen and oxygen atoms in total. The number of hydrogen-bond donors (Lipinski definition) is 2. The molecule has 0 saturated carbocycles. The first-order valence-corrected chi connectivity index (χ1v) is 6.09. The van der Waals surface area contributed by atoms with Crippen LogP contribution in [0.3, 0.4) is 0 Å². The van der Waals surface area contributed by atoms with E-state index in [-0.39, 0.29) is 0 Å². The van der Waals surface area contributed by atoms with Crippen LogP contribution < -0.4 is 10.6 Å². The van der Waals surface area contributed by atoms with Crippen LogP contribution in [-0.2, 0) is 0 Å². The lowest BCUT2D eigenvalue weighted by Crippen LogP contribution is -2.28. The van der Waals surface area contributed by atoms with Gasteiger partial charge in [0.25, 0.3) is 0 Å². The van der Waals surface area contributed by atoms with E-state index in [4.69, 9.17) is 5.26 Å². The highest BCUT2D eigenvalue weighted by molar-refractivity contribution is 9.10. The molecule has 0 saturated heterocycles. The summed E-state index contributed by atoms with van der Waals surface area (Å²) < 4.78 is 0.830. The third-order valence-corrected chi connectivity index (χ3v) is 2.75. The van der Waals surface area contributed by atoms with Gasteiger partial charge in [-0.25, -0.2) is 0 Å². The maximum absolute atomic E-state index is 8.77. The van der Waals surface area contributed by atoms with Crippen molar-refractivity contribution in [3.63, 3.8) is 0 Å². The second-order valence-corrected chi connectivity index (χ2v) is 4.70. The zero-order valence-corrected chi connectivity index (χ0v) is 11.1. The summed E-state index contributed by atoms with van der Waals surface area (Å²) in [5.41, 5.74) is 1.68. The third-order valence-electron chi connectivity index (χ3n) is 2.10. The molecular weight excluding hydrogens is 266 g/mol. The summed E-state index contributed by atoms with van der Waals surface area (Å²) in [5.74, 6) is 0. The van der Waals surface area contributed by atoms with Crippen molar-refractivity contribution < 1.29 is 0 Å². The number of anilines is 1. The Morgan fingerprint density at radius 3 is 2.69 bits per heavy atom. The van der Waals surface area contributed by atoms with Crippen LogP contribution >= 0.6 is 15.9 Å². The maximum atomic E-state index is 8.77. The lowest BCUT2D eigenvalue weighted by Gasteiger charge is -2.10. The van der Waals surface area contributed by atoms with Crippen LogP contribution in [0.25, 0.3) is 0 Å². The zero-order chi connectivity index (χ0) is 12.0. The highest BCUT2D eigenvalue weighted by atomic mass is 79.9. The molecule has 0 aliphatic carbocycles. The van der Waals surface area contributed by atoms with E-state index in [1.807, 2.05) is 18.2 Å². The fourth-order valence-electron chi connectivity index (χ4n) is 1.28. The molecule has 0 bridgehead atoms. The molecule has 0 amide bonds. The fraction of sp³-hybridized carbons (Fsp3) is 0.417. The van der Waals surface area contributed by atoms with E-state index in [9.17, 15) is 0 Å². The molecule has 0 aliphatic heterocycles. The smallest absolute Gasteiger partial charge is 0.100 e. The first-order valence-electron chi connectivity index (χ1n) is 5.30. The van der Waals surface area contributed by atoms with E-state index in [1.54, 1.807) is 0 Å². The van der Waals surface area contributed by atoms with Crippen molar-refractivity contribution in [3.05, 3.63) is 28.2 Å². The predicted molar refractivity (Wildman–Crippen MR) is 70.5 cm³/mol. The second kappa shape index (κ2) is 6.51. The van der Waals surface area contributed by atoms with Gasteiger partial charge in [0.05, 0.1) is 5.56 Å². The summed E-state index contributed by atoms with van der Waals surface area (Å²) in [6.45, 7) is 6.04. The van der Waals surface area contributed by atoms with E-state index >= 15 is 0 Å². The van der Waals surface area contributed by atoms with Crippen LogP contribution in [0.2, 0.25) is 0 Å². The van der Waals surface area contributed by atoms with Crippen molar-refractivity contribution in [1.29, 1.82) is 5.26 Å². The molecule has 0 heterocycles. The summed E-state index contributed by atoms with van der Waals surface area (Å²) >= 11 is 3.36. The second-order valence-electron chi connectivity index (χ2n) is 3.84. The van der Waals surface area contributed by atoms with Gasteiger partial charge < -0.3 is 10.6 Å². The van der Waals surface area contributed by atoms with Crippen LogP contribution in [0.15, 0.2) is 22.7 Å². The van der Waals surface area contributed by atoms with Gasteiger partial charge in [-0.2, -0.15) is 5.26 Å². The van der Waals surface area contributed by atoms with Crippen molar-refractivity contribution in [3.8, 4) is 6.07 Å². The zero-order valence-electron chi connectivity index (χ0n) is 9.55. The van der Waals surface area contributed by atoms with Gasteiger partial charge in [0.2, 0.25) is 0 Å². The Labute approximate surface area is 105 Å². The molecule has 16 heavy (non-hydrogen) atoms. The third kappa shape index (κ3) is 4.21. The van der Waals surface area contributed by atoms with Crippen LogP contribution in [0.4, 0.5) is 5.69 Å². The summed E-state index contributed by atoms with van der Waals surface area (Å²) in [4.78, 5) is 0. The predicted octanol–water partition coefficient (Wildman–Crippen LogP) is 2.73. The highest BCUT2D eigenvalue weighted by Crippen LogP contribution is 2.20. The lowest BCUT2D eigenvalue weighted by molar-refractivity contribution is 0.602. The van der Waals surface area contributed by atoms with Gasteiger partial charge >= 0.3 is 0 Å². The lowest BCUT2D eigenvalue weighted by atomic mass is 10.2. The molecule has 2 N–H and O–H groups in total. The van der Waals surface area contributed by atoms with Gasteiger partial charge in [-0.15, -0.1) is 0 Å². The van der Waals surface area contributed by atoms with Gasteiger partial charge in [0, 0.05) is 29.3 Å². The molecule has 0 radical (unpaired) electrons.